The Hall–Kier alpha value is -2.61. The molecule has 1 aliphatic carbocycles. The molecule has 2 aromatic rings. The van der Waals surface area contributed by atoms with Crippen LogP contribution in [-0.2, 0) is 21.2 Å². The Morgan fingerprint density at radius 2 is 2.04 bits per heavy atom. The van der Waals surface area contributed by atoms with Gasteiger partial charge in [0.2, 0.25) is 5.91 Å². The first kappa shape index (κ1) is 17.2. The summed E-state index contributed by atoms with van der Waals surface area (Å²) in [6.45, 7) is 0. The van der Waals surface area contributed by atoms with Gasteiger partial charge in [-0.2, -0.15) is 8.42 Å². The second-order valence-electron chi connectivity index (χ2n) is 5.84. The Kier molecular flexibility index (Phi) is 4.63. The normalized spacial score (nSPS) is 16.8. The molecule has 0 fully saturated rings. The van der Waals surface area contributed by atoms with Gasteiger partial charge in [0.25, 0.3) is 10.0 Å². The maximum atomic E-state index is 12.6. The molecule has 0 unspecified atom stereocenters. The smallest absolute Gasteiger partial charge is 0.281 e. The molecule has 8 heteroatoms. The number of carbonyl (C=O) groups is 1. The molecule has 1 aromatic heterocycles. The number of ether oxygens (including phenoxy) is 1. The van der Waals surface area contributed by atoms with Crippen molar-refractivity contribution in [2.24, 2.45) is 0 Å². The van der Waals surface area contributed by atoms with Crippen molar-refractivity contribution in [2.45, 2.75) is 30.2 Å². The molecule has 0 radical (unpaired) electrons. The van der Waals surface area contributed by atoms with Gasteiger partial charge in [-0.15, -0.1) is 0 Å². The van der Waals surface area contributed by atoms with E-state index in [-0.39, 0.29) is 10.8 Å². The van der Waals surface area contributed by atoms with E-state index >= 15 is 0 Å². The first-order valence-electron chi connectivity index (χ1n) is 7.87. The molecule has 1 atom stereocenters. The molecule has 1 heterocycles. The van der Waals surface area contributed by atoms with Crippen LogP contribution in [0, 0.1) is 0 Å². The number of sulfonamides is 1. The zero-order valence-electron chi connectivity index (χ0n) is 13.7. The van der Waals surface area contributed by atoms with Gasteiger partial charge in [-0.1, -0.05) is 18.2 Å². The maximum absolute atomic E-state index is 12.6. The fourth-order valence-corrected chi connectivity index (χ4v) is 4.11. The lowest BCUT2D eigenvalue weighted by atomic mass is 9.82. The van der Waals surface area contributed by atoms with Crippen molar-refractivity contribution in [3.63, 3.8) is 0 Å². The largest absolute Gasteiger partial charge is 0.496 e. The first-order chi connectivity index (χ1) is 11.9. The summed E-state index contributed by atoms with van der Waals surface area (Å²) in [5.41, 5.74) is 7.28. The van der Waals surface area contributed by atoms with Gasteiger partial charge >= 0.3 is 0 Å². The molecule has 0 spiro atoms. The number of carbonyl (C=O) groups excluding carboxylic acids is 1. The number of pyridine rings is 1. The van der Waals surface area contributed by atoms with Gasteiger partial charge < -0.3 is 10.5 Å². The van der Waals surface area contributed by atoms with Crippen LogP contribution in [0.4, 0.5) is 5.82 Å². The molecule has 1 amide bonds. The number of nitrogen functional groups attached to an aromatic ring is 1. The molecule has 0 saturated carbocycles. The van der Waals surface area contributed by atoms with E-state index < -0.39 is 21.8 Å². The minimum Gasteiger partial charge on any atom is -0.496 e. The van der Waals surface area contributed by atoms with E-state index in [0.717, 1.165) is 29.7 Å². The molecule has 132 valence electrons. The van der Waals surface area contributed by atoms with Crippen molar-refractivity contribution in [3.05, 3.63) is 47.5 Å². The van der Waals surface area contributed by atoms with Crippen molar-refractivity contribution in [3.8, 4) is 5.75 Å². The van der Waals surface area contributed by atoms with Crippen molar-refractivity contribution >= 4 is 21.7 Å². The molecular weight excluding hydrogens is 342 g/mol. The van der Waals surface area contributed by atoms with Crippen LogP contribution in [0.2, 0.25) is 0 Å². The van der Waals surface area contributed by atoms with E-state index in [1.54, 1.807) is 13.2 Å². The molecular formula is C17H19N3O4S. The van der Waals surface area contributed by atoms with Crippen LogP contribution in [0.25, 0.3) is 0 Å². The lowest BCUT2D eigenvalue weighted by Crippen LogP contribution is -2.36. The molecule has 1 aliphatic rings. The molecule has 25 heavy (non-hydrogen) atoms. The van der Waals surface area contributed by atoms with Gasteiger partial charge in [0.15, 0.2) is 5.03 Å². The summed E-state index contributed by atoms with van der Waals surface area (Å²) in [5, 5.41) is -0.275. The molecule has 7 nitrogen and oxygen atoms in total. The van der Waals surface area contributed by atoms with Crippen molar-refractivity contribution < 1.29 is 17.9 Å². The van der Waals surface area contributed by atoms with E-state index in [2.05, 4.69) is 9.71 Å². The number of methoxy groups -OCH3 is 1. The number of hydrogen-bond acceptors (Lipinski definition) is 6. The van der Waals surface area contributed by atoms with Gasteiger partial charge in [0.1, 0.15) is 11.6 Å². The number of hydrogen-bond donors (Lipinski definition) is 2. The number of nitrogens with zero attached hydrogens (tertiary/aromatic N) is 1. The third-order valence-corrected chi connectivity index (χ3v) is 5.50. The van der Waals surface area contributed by atoms with Crippen LogP contribution < -0.4 is 15.2 Å². The molecule has 1 aromatic carbocycles. The van der Waals surface area contributed by atoms with Crippen LogP contribution in [-0.4, -0.2) is 26.4 Å². The molecule has 0 saturated heterocycles. The van der Waals surface area contributed by atoms with Crippen molar-refractivity contribution in [2.75, 3.05) is 12.8 Å². The van der Waals surface area contributed by atoms with Crippen LogP contribution in [0.3, 0.4) is 0 Å². The highest BCUT2D eigenvalue weighted by Crippen LogP contribution is 2.36. The molecule has 3 rings (SSSR count). The van der Waals surface area contributed by atoms with Gasteiger partial charge in [-0.05, 0) is 48.6 Å². The summed E-state index contributed by atoms with van der Waals surface area (Å²) in [4.78, 5) is 16.4. The number of benzene rings is 1. The lowest BCUT2D eigenvalue weighted by Gasteiger charge is -2.26. The number of nitrogens with one attached hydrogen (secondary N) is 1. The zero-order chi connectivity index (χ0) is 18.0. The van der Waals surface area contributed by atoms with E-state index in [1.165, 1.54) is 18.2 Å². The Morgan fingerprint density at radius 3 is 2.76 bits per heavy atom. The Morgan fingerprint density at radius 1 is 1.28 bits per heavy atom. The summed E-state index contributed by atoms with van der Waals surface area (Å²) in [6, 6.07) is 9.73. The SMILES string of the molecule is COc1cccc2c1CCC[C@H]2C(=O)NS(=O)(=O)c1cccc(N)n1. The third kappa shape index (κ3) is 3.43. The number of fused-ring (bicyclic) bond motifs is 1. The van der Waals surface area contributed by atoms with E-state index in [4.69, 9.17) is 10.5 Å². The highest BCUT2D eigenvalue weighted by atomic mass is 32.2. The Labute approximate surface area is 146 Å². The van der Waals surface area contributed by atoms with Crippen LogP contribution in [0.5, 0.6) is 5.75 Å². The average Bonchev–Trinajstić information content (AvgIpc) is 2.60. The summed E-state index contributed by atoms with van der Waals surface area (Å²) < 4.78 is 32.3. The summed E-state index contributed by atoms with van der Waals surface area (Å²) in [6.07, 6.45) is 2.15. The highest BCUT2D eigenvalue weighted by molar-refractivity contribution is 7.90. The maximum Gasteiger partial charge on any atom is 0.281 e. The van der Waals surface area contributed by atoms with Gasteiger partial charge in [0.05, 0.1) is 13.0 Å². The van der Waals surface area contributed by atoms with Gasteiger partial charge in [-0.25, -0.2) is 9.71 Å². The fourth-order valence-electron chi connectivity index (χ4n) is 3.11. The Bertz CT molecular complexity index is 912. The lowest BCUT2D eigenvalue weighted by molar-refractivity contribution is -0.121. The first-order valence-corrected chi connectivity index (χ1v) is 9.35. The minimum atomic E-state index is -4.07. The fraction of sp³-hybridized carbons (Fsp3) is 0.294. The number of amides is 1. The summed E-state index contributed by atoms with van der Waals surface area (Å²) in [7, 11) is -2.49. The second-order valence-corrected chi connectivity index (χ2v) is 7.47. The number of nitrogens with two attached hydrogens (primary N) is 1. The van der Waals surface area contributed by atoms with Crippen LogP contribution >= 0.6 is 0 Å². The quantitative estimate of drug-likeness (QED) is 0.855. The van der Waals surface area contributed by atoms with Crippen LogP contribution in [0.1, 0.15) is 29.9 Å². The van der Waals surface area contributed by atoms with E-state index in [1.807, 2.05) is 12.1 Å². The van der Waals surface area contributed by atoms with E-state index in [9.17, 15) is 13.2 Å². The van der Waals surface area contributed by atoms with Crippen LogP contribution in [0.15, 0.2) is 41.4 Å². The topological polar surface area (TPSA) is 111 Å². The average molecular weight is 361 g/mol. The van der Waals surface area contributed by atoms with Gasteiger partial charge in [0, 0.05) is 0 Å². The standard InChI is InChI=1S/C17H19N3O4S/c1-24-14-8-3-5-11-12(14)6-2-7-13(11)17(21)20-25(22,23)16-10-4-9-15(18)19-16/h3-5,8-10,13H,2,6-7H2,1H3,(H2,18,19)(H,20,21)/t13-/m1/s1. The third-order valence-electron chi connectivity index (χ3n) is 4.26. The predicted molar refractivity (Wildman–Crippen MR) is 92.7 cm³/mol. The van der Waals surface area contributed by atoms with Crippen molar-refractivity contribution in [1.82, 2.24) is 9.71 Å². The molecule has 0 bridgehead atoms. The van der Waals surface area contributed by atoms with E-state index in [0.29, 0.717) is 6.42 Å². The number of anilines is 1. The summed E-state index contributed by atoms with van der Waals surface area (Å²) in [5.74, 6) is -0.327. The predicted octanol–water partition coefficient (Wildman–Crippen LogP) is 1.60. The van der Waals surface area contributed by atoms with Gasteiger partial charge in [-0.3, -0.25) is 4.79 Å². The molecule has 0 aliphatic heterocycles. The Balaban J connectivity index is 1.88. The minimum absolute atomic E-state index is 0.0723. The van der Waals surface area contributed by atoms with Crippen molar-refractivity contribution in [1.29, 1.82) is 0 Å². The molecule has 3 N–H and O–H groups in total. The second kappa shape index (κ2) is 6.72. The number of rotatable bonds is 4. The monoisotopic (exact) mass is 361 g/mol. The zero-order valence-corrected chi connectivity index (χ0v) is 14.5. The number of aromatic nitrogens is 1. The highest BCUT2D eigenvalue weighted by Gasteiger charge is 2.31. The summed E-state index contributed by atoms with van der Waals surface area (Å²) >= 11 is 0.